The molecule has 0 spiro atoms. The molecule has 2 fully saturated rings. The number of amides is 1. The fourth-order valence-corrected chi connectivity index (χ4v) is 4.96. The number of pyridine rings is 1. The first-order valence-electron chi connectivity index (χ1n) is 9.82. The zero-order chi connectivity index (χ0) is 18.5. The molecule has 1 unspecified atom stereocenters. The molecule has 4 nitrogen and oxygen atoms in total. The number of carbonyl (C=O) groups is 1. The van der Waals surface area contributed by atoms with E-state index in [4.69, 9.17) is 4.74 Å². The van der Waals surface area contributed by atoms with Gasteiger partial charge in [-0.15, -0.1) is 0 Å². The van der Waals surface area contributed by atoms with E-state index < -0.39 is 0 Å². The highest BCUT2D eigenvalue weighted by atomic mass is 32.2. The molecule has 27 heavy (non-hydrogen) atoms. The fourth-order valence-electron chi connectivity index (χ4n) is 3.87. The first kappa shape index (κ1) is 18.4. The highest BCUT2D eigenvalue weighted by Crippen LogP contribution is 2.27. The van der Waals surface area contributed by atoms with Crippen molar-refractivity contribution < 1.29 is 9.53 Å². The van der Waals surface area contributed by atoms with Crippen LogP contribution in [0.1, 0.15) is 35.2 Å². The number of nitrogens with zero attached hydrogens (tertiary/aromatic N) is 2. The molecule has 2 aliphatic heterocycles. The number of ether oxygens (including phenoxy) is 1. The average Bonchev–Trinajstić information content (AvgIpc) is 3.22. The molecule has 0 aliphatic carbocycles. The maximum atomic E-state index is 13.1. The van der Waals surface area contributed by atoms with Crippen LogP contribution in [-0.2, 0) is 6.42 Å². The third kappa shape index (κ3) is 4.64. The van der Waals surface area contributed by atoms with Gasteiger partial charge >= 0.3 is 0 Å². The van der Waals surface area contributed by atoms with E-state index in [1.165, 1.54) is 5.56 Å². The minimum absolute atomic E-state index is 0.0573. The summed E-state index contributed by atoms with van der Waals surface area (Å²) in [5, 5.41) is 0. The van der Waals surface area contributed by atoms with Gasteiger partial charge in [0, 0.05) is 25.0 Å². The van der Waals surface area contributed by atoms with Gasteiger partial charge in [-0.2, -0.15) is 11.8 Å². The van der Waals surface area contributed by atoms with Gasteiger partial charge in [0.15, 0.2) is 0 Å². The number of hydrogen-bond donors (Lipinski definition) is 0. The lowest BCUT2D eigenvalue weighted by Gasteiger charge is -2.32. The summed E-state index contributed by atoms with van der Waals surface area (Å²) in [7, 11) is 0. The number of hydrogen-bond acceptors (Lipinski definition) is 4. The summed E-state index contributed by atoms with van der Waals surface area (Å²) >= 11 is 1.90. The Kier molecular flexibility index (Phi) is 5.97. The van der Waals surface area contributed by atoms with Crippen LogP contribution in [0.2, 0.25) is 0 Å². The molecule has 1 aromatic heterocycles. The van der Waals surface area contributed by atoms with Gasteiger partial charge in [-0.3, -0.25) is 4.79 Å². The fraction of sp³-hybridized carbons (Fsp3) is 0.455. The van der Waals surface area contributed by atoms with E-state index in [1.54, 1.807) is 6.20 Å². The number of thioether (sulfide) groups is 1. The maximum Gasteiger partial charge on any atom is 0.259 e. The highest BCUT2D eigenvalue weighted by molar-refractivity contribution is 7.99. The lowest BCUT2D eigenvalue weighted by Crippen LogP contribution is -2.39. The second-order valence-corrected chi connectivity index (χ2v) is 8.53. The smallest absolute Gasteiger partial charge is 0.259 e. The second kappa shape index (κ2) is 8.79. The van der Waals surface area contributed by atoms with Gasteiger partial charge in [0.1, 0.15) is 11.7 Å². The van der Waals surface area contributed by atoms with Gasteiger partial charge in [0.2, 0.25) is 5.88 Å². The summed E-state index contributed by atoms with van der Waals surface area (Å²) in [5.41, 5.74) is 2.00. The molecule has 2 aromatic rings. The molecule has 1 aromatic carbocycles. The number of rotatable bonds is 5. The molecule has 0 N–H and O–H groups in total. The minimum atomic E-state index is 0.0573. The van der Waals surface area contributed by atoms with Crippen molar-refractivity contribution in [2.75, 3.05) is 24.6 Å². The topological polar surface area (TPSA) is 42.4 Å². The molecule has 2 aliphatic rings. The Bertz CT molecular complexity index is 754. The lowest BCUT2D eigenvalue weighted by molar-refractivity contribution is 0.0682. The van der Waals surface area contributed by atoms with Crippen LogP contribution in [-0.4, -0.2) is 46.5 Å². The van der Waals surface area contributed by atoms with E-state index in [9.17, 15) is 4.79 Å². The first-order chi connectivity index (χ1) is 13.3. The van der Waals surface area contributed by atoms with Crippen molar-refractivity contribution in [2.24, 2.45) is 5.92 Å². The van der Waals surface area contributed by atoms with Crippen LogP contribution in [0.15, 0.2) is 48.7 Å². The van der Waals surface area contributed by atoms with Crippen LogP contribution < -0.4 is 4.74 Å². The van der Waals surface area contributed by atoms with E-state index in [0.29, 0.717) is 17.4 Å². The second-order valence-electron chi connectivity index (χ2n) is 7.38. The minimum Gasteiger partial charge on any atom is -0.473 e. The molecule has 1 atom stereocenters. The molecular formula is C22H26N2O2S. The molecule has 142 valence electrons. The third-order valence-electron chi connectivity index (χ3n) is 5.44. The van der Waals surface area contributed by atoms with Gasteiger partial charge in [0.25, 0.3) is 5.91 Å². The molecule has 5 heteroatoms. The van der Waals surface area contributed by atoms with E-state index in [1.807, 2.05) is 28.8 Å². The summed E-state index contributed by atoms with van der Waals surface area (Å²) in [5.74, 6) is 3.31. The standard InChI is InChI=1S/C22H26N2O2S/c25-22(20-7-4-11-23-21(20)26-19-10-14-27-16-19)24-12-8-18(9-13-24)15-17-5-2-1-3-6-17/h1-7,11,18-19H,8-10,12-16H2. The van der Waals surface area contributed by atoms with Crippen molar-refractivity contribution in [2.45, 2.75) is 31.8 Å². The normalized spacial score (nSPS) is 20.6. The molecular weight excluding hydrogens is 356 g/mol. The van der Waals surface area contributed by atoms with Crippen LogP contribution in [0.3, 0.4) is 0 Å². The van der Waals surface area contributed by atoms with Crippen molar-refractivity contribution in [3.8, 4) is 5.88 Å². The van der Waals surface area contributed by atoms with Crippen LogP contribution in [0.5, 0.6) is 5.88 Å². The van der Waals surface area contributed by atoms with Gasteiger partial charge in [-0.25, -0.2) is 4.98 Å². The number of carbonyl (C=O) groups excluding carboxylic acids is 1. The zero-order valence-electron chi connectivity index (χ0n) is 15.5. The van der Waals surface area contributed by atoms with Gasteiger partial charge in [-0.05, 0) is 55.1 Å². The van der Waals surface area contributed by atoms with Gasteiger partial charge in [0.05, 0.1) is 0 Å². The number of piperidine rings is 1. The summed E-state index contributed by atoms with van der Waals surface area (Å²) in [6.07, 6.45) is 6.11. The largest absolute Gasteiger partial charge is 0.473 e. The molecule has 4 rings (SSSR count). The number of aromatic nitrogens is 1. The Morgan fingerprint density at radius 2 is 1.93 bits per heavy atom. The molecule has 0 radical (unpaired) electrons. The molecule has 0 bridgehead atoms. The van der Waals surface area contributed by atoms with E-state index in [0.717, 1.165) is 50.3 Å². The summed E-state index contributed by atoms with van der Waals surface area (Å²) < 4.78 is 6.04. The van der Waals surface area contributed by atoms with Crippen molar-refractivity contribution in [3.05, 3.63) is 59.8 Å². The quantitative estimate of drug-likeness (QED) is 0.782. The van der Waals surface area contributed by atoms with Gasteiger partial charge < -0.3 is 9.64 Å². The molecule has 3 heterocycles. The molecule has 2 saturated heterocycles. The van der Waals surface area contributed by atoms with Crippen molar-refractivity contribution >= 4 is 17.7 Å². The van der Waals surface area contributed by atoms with Crippen LogP contribution in [0.4, 0.5) is 0 Å². The van der Waals surface area contributed by atoms with Crippen LogP contribution in [0.25, 0.3) is 0 Å². The van der Waals surface area contributed by atoms with Crippen molar-refractivity contribution in [1.29, 1.82) is 0 Å². The van der Waals surface area contributed by atoms with E-state index >= 15 is 0 Å². The van der Waals surface area contributed by atoms with Crippen molar-refractivity contribution in [3.63, 3.8) is 0 Å². The average molecular weight is 383 g/mol. The maximum absolute atomic E-state index is 13.1. The first-order valence-corrected chi connectivity index (χ1v) is 11.0. The Hall–Kier alpha value is -2.01. The van der Waals surface area contributed by atoms with Crippen LogP contribution in [0, 0.1) is 5.92 Å². The zero-order valence-corrected chi connectivity index (χ0v) is 16.4. The Morgan fingerprint density at radius 3 is 2.67 bits per heavy atom. The number of benzene rings is 1. The predicted octanol–water partition coefficient (Wildman–Crippen LogP) is 4.06. The number of likely N-dealkylation sites (tertiary alicyclic amines) is 1. The Balaban J connectivity index is 1.36. The monoisotopic (exact) mass is 382 g/mol. The Labute approximate surface area is 165 Å². The van der Waals surface area contributed by atoms with E-state index in [2.05, 4.69) is 35.3 Å². The summed E-state index contributed by atoms with van der Waals surface area (Å²) in [4.78, 5) is 19.4. The van der Waals surface area contributed by atoms with Gasteiger partial charge in [-0.1, -0.05) is 30.3 Å². The highest BCUT2D eigenvalue weighted by Gasteiger charge is 2.27. The van der Waals surface area contributed by atoms with Crippen LogP contribution >= 0.6 is 11.8 Å². The summed E-state index contributed by atoms with van der Waals surface area (Å²) in [6, 6.07) is 14.3. The summed E-state index contributed by atoms with van der Waals surface area (Å²) in [6.45, 7) is 1.62. The SMILES string of the molecule is O=C(c1cccnc1OC1CCSC1)N1CCC(Cc2ccccc2)CC1. The molecule has 0 saturated carbocycles. The molecule has 1 amide bonds. The van der Waals surface area contributed by atoms with Crippen molar-refractivity contribution in [1.82, 2.24) is 9.88 Å². The third-order valence-corrected chi connectivity index (χ3v) is 6.57. The predicted molar refractivity (Wildman–Crippen MR) is 109 cm³/mol. The van der Waals surface area contributed by atoms with E-state index in [-0.39, 0.29) is 12.0 Å². The lowest BCUT2D eigenvalue weighted by atomic mass is 9.90. The Morgan fingerprint density at radius 1 is 1.11 bits per heavy atom.